The number of ether oxygens (including phenoxy) is 1. The lowest BCUT2D eigenvalue weighted by Crippen LogP contribution is -2.31. The van der Waals surface area contributed by atoms with Gasteiger partial charge in [0.15, 0.2) is 11.6 Å². The number of rotatable bonds is 3. The van der Waals surface area contributed by atoms with Crippen molar-refractivity contribution in [2.45, 2.75) is 18.9 Å². The molecule has 2 rings (SSSR count). The third kappa shape index (κ3) is 2.09. The summed E-state index contributed by atoms with van der Waals surface area (Å²) in [6, 6.07) is 4.42. The molecule has 0 N–H and O–H groups in total. The highest BCUT2D eigenvalue weighted by Gasteiger charge is 2.26. The largest absolute Gasteiger partial charge is 0.493 e. The summed E-state index contributed by atoms with van der Waals surface area (Å²) in [5.41, 5.74) is 0. The molecule has 0 aromatic carbocycles. The summed E-state index contributed by atoms with van der Waals surface area (Å²) in [6.45, 7) is 1.07. The van der Waals surface area contributed by atoms with Gasteiger partial charge in [-0.05, 0) is 25.0 Å². The minimum absolute atomic E-state index is 0.550. The second-order valence-corrected chi connectivity index (χ2v) is 4.32. The van der Waals surface area contributed by atoms with Crippen LogP contribution in [0, 0.1) is 0 Å². The van der Waals surface area contributed by atoms with Crippen LogP contribution in [0.2, 0.25) is 0 Å². The van der Waals surface area contributed by atoms with Crippen molar-refractivity contribution in [1.82, 2.24) is 4.98 Å². The molecule has 1 aromatic rings. The predicted molar refractivity (Wildman–Crippen MR) is 65.0 cm³/mol. The Labute approximate surface area is 98.6 Å². The smallest absolute Gasteiger partial charge is 0.171 e. The number of hydrogen-bond acceptors (Lipinski definition) is 3. The molecule has 0 bridgehead atoms. The molecule has 0 saturated carbocycles. The van der Waals surface area contributed by atoms with Gasteiger partial charge in [0.1, 0.15) is 0 Å². The van der Waals surface area contributed by atoms with Crippen LogP contribution in [0.5, 0.6) is 5.75 Å². The number of nitrogens with zero attached hydrogens (tertiary/aromatic N) is 2. The topological polar surface area (TPSA) is 25.4 Å². The number of anilines is 1. The second-order valence-electron chi connectivity index (χ2n) is 3.67. The fraction of sp³-hybridized carbons (Fsp3) is 0.545. The second kappa shape index (κ2) is 4.84. The van der Waals surface area contributed by atoms with Gasteiger partial charge in [-0.25, -0.2) is 4.98 Å². The van der Waals surface area contributed by atoms with Crippen molar-refractivity contribution < 1.29 is 4.74 Å². The maximum absolute atomic E-state index is 5.33. The highest BCUT2D eigenvalue weighted by atomic mass is 79.9. The molecular formula is C11H15BrN2O. The van der Waals surface area contributed by atoms with E-state index in [1.807, 2.05) is 18.3 Å². The van der Waals surface area contributed by atoms with E-state index in [1.165, 1.54) is 12.8 Å². The third-order valence-corrected chi connectivity index (χ3v) is 3.55. The van der Waals surface area contributed by atoms with E-state index in [-0.39, 0.29) is 0 Å². The van der Waals surface area contributed by atoms with Crippen LogP contribution >= 0.6 is 15.9 Å². The molecular weight excluding hydrogens is 256 g/mol. The number of methoxy groups -OCH3 is 1. The zero-order valence-corrected chi connectivity index (χ0v) is 10.4. The zero-order chi connectivity index (χ0) is 10.7. The molecule has 0 aliphatic carbocycles. The lowest BCUT2D eigenvalue weighted by atomic mass is 10.2. The average Bonchev–Trinajstić information content (AvgIpc) is 2.76. The van der Waals surface area contributed by atoms with Crippen LogP contribution in [0.25, 0.3) is 0 Å². The van der Waals surface area contributed by atoms with E-state index >= 15 is 0 Å². The molecule has 3 nitrogen and oxygen atoms in total. The summed E-state index contributed by atoms with van der Waals surface area (Å²) in [4.78, 5) is 6.74. The monoisotopic (exact) mass is 270 g/mol. The highest BCUT2D eigenvalue weighted by molar-refractivity contribution is 9.09. The van der Waals surface area contributed by atoms with Crippen molar-refractivity contribution in [3.63, 3.8) is 0 Å². The average molecular weight is 271 g/mol. The van der Waals surface area contributed by atoms with Crippen LogP contribution < -0.4 is 9.64 Å². The number of alkyl halides is 1. The molecule has 1 fully saturated rings. The van der Waals surface area contributed by atoms with Gasteiger partial charge in [0, 0.05) is 24.1 Å². The first-order valence-corrected chi connectivity index (χ1v) is 6.30. The first-order chi connectivity index (χ1) is 7.36. The van der Waals surface area contributed by atoms with Crippen molar-refractivity contribution in [2.75, 3.05) is 23.9 Å². The molecule has 1 saturated heterocycles. The van der Waals surface area contributed by atoms with E-state index < -0.39 is 0 Å². The van der Waals surface area contributed by atoms with Crippen molar-refractivity contribution in [3.05, 3.63) is 18.3 Å². The number of pyridine rings is 1. The Morgan fingerprint density at radius 2 is 2.53 bits per heavy atom. The van der Waals surface area contributed by atoms with Crippen LogP contribution in [0.4, 0.5) is 5.82 Å². The lowest BCUT2D eigenvalue weighted by Gasteiger charge is -2.25. The van der Waals surface area contributed by atoms with Crippen molar-refractivity contribution in [1.29, 1.82) is 0 Å². The summed E-state index contributed by atoms with van der Waals surface area (Å²) in [5, 5.41) is 0.993. The van der Waals surface area contributed by atoms with E-state index in [0.717, 1.165) is 23.4 Å². The molecule has 15 heavy (non-hydrogen) atoms. The third-order valence-electron chi connectivity index (χ3n) is 2.80. The van der Waals surface area contributed by atoms with Crippen LogP contribution in [0.1, 0.15) is 12.8 Å². The molecule has 0 amide bonds. The van der Waals surface area contributed by atoms with Crippen LogP contribution in [0.3, 0.4) is 0 Å². The standard InChI is InChI=1S/C11H15BrN2O/c1-15-10-5-2-6-13-11(10)14-7-3-4-9(14)8-12/h2,5-6,9H,3-4,7-8H2,1H3. The van der Waals surface area contributed by atoms with Gasteiger partial charge in [-0.3, -0.25) is 0 Å². The first-order valence-electron chi connectivity index (χ1n) is 5.18. The maximum atomic E-state index is 5.33. The van der Waals surface area contributed by atoms with Gasteiger partial charge < -0.3 is 9.64 Å². The highest BCUT2D eigenvalue weighted by Crippen LogP contribution is 2.31. The van der Waals surface area contributed by atoms with Crippen LogP contribution in [-0.2, 0) is 0 Å². The molecule has 1 aliphatic heterocycles. The fourth-order valence-corrected chi connectivity index (χ4v) is 2.71. The Hall–Kier alpha value is -0.770. The number of hydrogen-bond donors (Lipinski definition) is 0. The van der Waals surface area contributed by atoms with Gasteiger partial charge in [-0.15, -0.1) is 0 Å². The van der Waals surface area contributed by atoms with Crippen molar-refractivity contribution in [3.8, 4) is 5.75 Å². The maximum Gasteiger partial charge on any atom is 0.171 e. The van der Waals surface area contributed by atoms with Crippen molar-refractivity contribution >= 4 is 21.7 Å². The summed E-state index contributed by atoms with van der Waals surface area (Å²) < 4.78 is 5.33. The van der Waals surface area contributed by atoms with Gasteiger partial charge in [-0.2, -0.15) is 0 Å². The van der Waals surface area contributed by atoms with E-state index in [1.54, 1.807) is 7.11 Å². The Kier molecular flexibility index (Phi) is 3.46. The van der Waals surface area contributed by atoms with Gasteiger partial charge in [-0.1, -0.05) is 15.9 Å². The summed E-state index contributed by atoms with van der Waals surface area (Å²) >= 11 is 3.55. The fourth-order valence-electron chi connectivity index (χ4n) is 2.03. The number of halogens is 1. The van der Waals surface area contributed by atoms with Crippen LogP contribution in [-0.4, -0.2) is 30.0 Å². The van der Waals surface area contributed by atoms with E-state index in [0.29, 0.717) is 6.04 Å². The normalized spacial score (nSPS) is 20.7. The molecule has 1 aliphatic rings. The molecule has 0 radical (unpaired) electrons. The van der Waals surface area contributed by atoms with E-state index in [9.17, 15) is 0 Å². The Bertz CT molecular complexity index is 332. The van der Waals surface area contributed by atoms with Crippen molar-refractivity contribution in [2.24, 2.45) is 0 Å². The van der Waals surface area contributed by atoms with Gasteiger partial charge in [0.2, 0.25) is 0 Å². The molecule has 0 spiro atoms. The van der Waals surface area contributed by atoms with Crippen LogP contribution in [0.15, 0.2) is 18.3 Å². The van der Waals surface area contributed by atoms with Gasteiger partial charge in [0.25, 0.3) is 0 Å². The Morgan fingerprint density at radius 3 is 3.27 bits per heavy atom. The van der Waals surface area contributed by atoms with Gasteiger partial charge in [0.05, 0.1) is 7.11 Å². The molecule has 1 unspecified atom stereocenters. The number of aromatic nitrogens is 1. The minimum Gasteiger partial charge on any atom is -0.493 e. The van der Waals surface area contributed by atoms with Gasteiger partial charge >= 0.3 is 0 Å². The zero-order valence-electron chi connectivity index (χ0n) is 8.82. The first kappa shape index (κ1) is 10.7. The minimum atomic E-state index is 0.550. The lowest BCUT2D eigenvalue weighted by molar-refractivity contribution is 0.412. The Balaban J connectivity index is 2.27. The summed E-state index contributed by atoms with van der Waals surface area (Å²) in [7, 11) is 1.69. The summed E-state index contributed by atoms with van der Waals surface area (Å²) in [5.74, 6) is 1.84. The molecule has 4 heteroatoms. The molecule has 82 valence electrons. The molecule has 2 heterocycles. The quantitative estimate of drug-likeness (QED) is 0.790. The predicted octanol–water partition coefficient (Wildman–Crippen LogP) is 2.45. The molecule has 1 atom stereocenters. The van der Waals surface area contributed by atoms with E-state index in [2.05, 4.69) is 25.8 Å². The molecule has 1 aromatic heterocycles. The summed E-state index contributed by atoms with van der Waals surface area (Å²) in [6.07, 6.45) is 4.28. The van der Waals surface area contributed by atoms with E-state index in [4.69, 9.17) is 4.74 Å². The Morgan fingerprint density at radius 1 is 1.67 bits per heavy atom. The SMILES string of the molecule is COc1cccnc1N1CCCC1CBr.